The third-order valence-electron chi connectivity index (χ3n) is 6.22. The molecule has 0 aliphatic heterocycles. The van der Waals surface area contributed by atoms with Crippen LogP contribution < -0.4 is 39.3 Å². The summed E-state index contributed by atoms with van der Waals surface area (Å²) in [4.78, 5) is 22.9. The van der Waals surface area contributed by atoms with E-state index in [0.29, 0.717) is 56.0 Å². The molecule has 0 amide bonds. The van der Waals surface area contributed by atoms with Gasteiger partial charge >= 0.3 is 31.1 Å². The molecular formula is C37H37IN6O3U. The Morgan fingerprint density at radius 2 is 0.750 bits per heavy atom. The molecule has 11 heteroatoms. The van der Waals surface area contributed by atoms with Crippen molar-refractivity contribution in [2.24, 2.45) is 15.0 Å². The zero-order valence-corrected chi connectivity index (χ0v) is 32.8. The number of nitrogens with zero attached hydrogens (tertiary/aromatic N) is 6. The molecule has 0 aliphatic rings. The van der Waals surface area contributed by atoms with Crippen molar-refractivity contribution in [1.82, 2.24) is 14.9 Å². The summed E-state index contributed by atoms with van der Waals surface area (Å²) in [5, 5.41) is 35.4. The van der Waals surface area contributed by atoms with Gasteiger partial charge in [-0.1, -0.05) is 84.9 Å². The first-order valence-corrected chi connectivity index (χ1v) is 14.8. The maximum Gasteiger partial charge on any atom is 4.00 e. The van der Waals surface area contributed by atoms with E-state index < -0.39 is 0 Å². The molecule has 0 fully saturated rings. The Morgan fingerprint density at radius 1 is 0.458 bits per heavy atom. The number of hydrogen-bond donors (Lipinski definition) is 0. The maximum atomic E-state index is 11.8. The summed E-state index contributed by atoms with van der Waals surface area (Å²) in [6.45, 7) is 3.56. The fourth-order valence-electron chi connectivity index (χ4n) is 3.81. The Kier molecular flexibility index (Phi) is 23.8. The van der Waals surface area contributed by atoms with Crippen molar-refractivity contribution in [3.63, 3.8) is 0 Å². The van der Waals surface area contributed by atoms with Gasteiger partial charge in [-0.15, -0.1) is 17.2 Å². The minimum absolute atomic E-state index is 0. The molecule has 5 aromatic rings. The first-order valence-electron chi connectivity index (χ1n) is 14.8. The minimum atomic E-state index is -0.0518. The summed E-state index contributed by atoms with van der Waals surface area (Å²) in [6, 6.07) is 31.8. The standard InChI is InChI=1S/C27H30N4O3.2C5H5N.HI.U/c32-25-10-4-1-7-22(25)19-28-13-16-31(17-14-29-20-23-8-2-5-11-26(23)33)18-15-30-21-24-9-3-6-12-27(24)34;2*1-2-4-6-5-3-1;;/h1-12,19-21,32-34H,13-18H2;2*1-5H;1H;/q;;;;+4/p-4. The predicted octanol–water partition coefficient (Wildman–Crippen LogP) is 1.03. The molecule has 0 atom stereocenters. The van der Waals surface area contributed by atoms with Gasteiger partial charge in [0.05, 0.1) is 19.6 Å². The molecule has 0 bridgehead atoms. The van der Waals surface area contributed by atoms with Gasteiger partial charge in [0.1, 0.15) is 0 Å². The molecule has 2 aromatic heterocycles. The molecule has 3 aromatic carbocycles. The van der Waals surface area contributed by atoms with E-state index in [9.17, 15) is 15.3 Å². The Morgan fingerprint density at radius 3 is 0.979 bits per heavy atom. The third kappa shape index (κ3) is 18.4. The third-order valence-corrected chi connectivity index (χ3v) is 6.22. The van der Waals surface area contributed by atoms with Crippen molar-refractivity contribution in [2.45, 2.75) is 0 Å². The van der Waals surface area contributed by atoms with Crippen molar-refractivity contribution in [2.75, 3.05) is 39.3 Å². The molecule has 0 N–H and O–H groups in total. The summed E-state index contributed by atoms with van der Waals surface area (Å²) < 4.78 is 0. The smallest absolute Gasteiger partial charge is 1.00 e. The number of para-hydroxylation sites is 3. The second-order valence-electron chi connectivity index (χ2n) is 9.61. The van der Waals surface area contributed by atoms with Crippen LogP contribution in [0.2, 0.25) is 0 Å². The van der Waals surface area contributed by atoms with E-state index in [1.807, 2.05) is 54.6 Å². The van der Waals surface area contributed by atoms with E-state index in [4.69, 9.17) is 0 Å². The van der Waals surface area contributed by atoms with E-state index in [1.54, 1.807) is 79.8 Å². The summed E-state index contributed by atoms with van der Waals surface area (Å²) >= 11 is 0. The van der Waals surface area contributed by atoms with E-state index in [2.05, 4.69) is 29.8 Å². The minimum Gasteiger partial charge on any atom is -1.00 e. The van der Waals surface area contributed by atoms with Gasteiger partial charge in [-0.25, -0.2) is 0 Å². The van der Waals surface area contributed by atoms with Gasteiger partial charge in [-0.2, -0.15) is 0 Å². The van der Waals surface area contributed by atoms with Gasteiger partial charge in [-0.3, -0.25) is 29.8 Å². The molecule has 0 aliphatic carbocycles. The average Bonchev–Trinajstić information content (AvgIpc) is 3.11. The molecule has 5 rings (SSSR count). The van der Waals surface area contributed by atoms with Crippen LogP contribution in [0.25, 0.3) is 0 Å². The molecule has 48 heavy (non-hydrogen) atoms. The summed E-state index contributed by atoms with van der Waals surface area (Å²) in [5.41, 5.74) is 1.70. The van der Waals surface area contributed by atoms with E-state index >= 15 is 0 Å². The van der Waals surface area contributed by atoms with Crippen LogP contribution in [0, 0.1) is 31.1 Å². The van der Waals surface area contributed by atoms with Crippen molar-refractivity contribution in [3.05, 3.63) is 151 Å². The van der Waals surface area contributed by atoms with Crippen LogP contribution in [-0.2, 0) is 0 Å². The first-order chi connectivity index (χ1) is 22.6. The molecule has 9 nitrogen and oxygen atoms in total. The fourth-order valence-corrected chi connectivity index (χ4v) is 3.81. The maximum absolute atomic E-state index is 11.8. The van der Waals surface area contributed by atoms with Gasteiger partial charge in [0.25, 0.3) is 0 Å². The van der Waals surface area contributed by atoms with E-state index in [-0.39, 0.29) is 72.3 Å². The van der Waals surface area contributed by atoms with Crippen LogP contribution in [0.1, 0.15) is 16.7 Å². The molecule has 2 heterocycles. The Labute approximate surface area is 323 Å². The summed E-state index contributed by atoms with van der Waals surface area (Å²) in [6.07, 6.45) is 11.8. The zero-order valence-electron chi connectivity index (χ0n) is 26.5. The molecule has 0 unspecified atom stereocenters. The molecule has 244 valence electrons. The van der Waals surface area contributed by atoms with Crippen molar-refractivity contribution < 1.29 is 70.4 Å². The van der Waals surface area contributed by atoms with Crippen LogP contribution in [0.3, 0.4) is 0 Å². The second-order valence-corrected chi connectivity index (χ2v) is 9.61. The van der Waals surface area contributed by atoms with Gasteiger partial charge < -0.3 is 39.3 Å². The van der Waals surface area contributed by atoms with Gasteiger partial charge in [-0.05, 0) is 41.0 Å². The van der Waals surface area contributed by atoms with Gasteiger partial charge in [0.15, 0.2) is 0 Å². The number of hydrogen-bond acceptors (Lipinski definition) is 9. The number of halogens is 1. The quantitative estimate of drug-likeness (QED) is 0.136. The average molecular weight is 979 g/mol. The molecule has 0 spiro atoms. The number of aromatic nitrogens is 2. The molecular weight excluding hydrogens is 941 g/mol. The van der Waals surface area contributed by atoms with E-state index in [0.717, 1.165) is 0 Å². The largest absolute Gasteiger partial charge is 4.00 e. The predicted molar refractivity (Wildman–Crippen MR) is 180 cm³/mol. The number of benzene rings is 3. The van der Waals surface area contributed by atoms with Crippen LogP contribution in [-0.4, -0.2) is 72.8 Å². The van der Waals surface area contributed by atoms with Crippen LogP contribution in [0.4, 0.5) is 0 Å². The van der Waals surface area contributed by atoms with Gasteiger partial charge in [0, 0.05) is 63.1 Å². The van der Waals surface area contributed by atoms with Crippen molar-refractivity contribution in [3.8, 4) is 17.2 Å². The zero-order chi connectivity index (χ0) is 32.5. The first kappa shape index (κ1) is 42.1. The SMILES string of the molecule is [I-].[O-]c1ccccc1C=NCCN(CCN=Cc1ccccc1[O-])CCN=Cc1ccccc1[O-].[U+4].c1ccncc1.c1ccncc1. The van der Waals surface area contributed by atoms with Gasteiger partial charge in [0.2, 0.25) is 0 Å². The van der Waals surface area contributed by atoms with Crippen molar-refractivity contribution in [1.29, 1.82) is 0 Å². The second kappa shape index (κ2) is 27.1. The fraction of sp³-hybridized carbons (Fsp3) is 0.162. The molecule has 0 saturated heterocycles. The summed E-state index contributed by atoms with van der Waals surface area (Å²) in [5.74, 6) is -0.155. The van der Waals surface area contributed by atoms with E-state index in [1.165, 1.54) is 18.2 Å². The Balaban J connectivity index is 0.000000686. The normalized spacial score (nSPS) is 10.4. The molecule has 0 saturated carbocycles. The Bertz CT molecular complexity index is 1390. The topological polar surface area (TPSA) is 135 Å². The van der Waals surface area contributed by atoms with Crippen molar-refractivity contribution >= 4 is 18.6 Å². The number of rotatable bonds is 12. The number of pyridine rings is 2. The summed E-state index contributed by atoms with van der Waals surface area (Å²) in [7, 11) is 0. The Hall–Kier alpha value is -3.89. The molecule has 0 radical (unpaired) electrons. The van der Waals surface area contributed by atoms with Crippen LogP contribution in [0.5, 0.6) is 17.2 Å². The van der Waals surface area contributed by atoms with Crippen LogP contribution in [0.15, 0.2) is 149 Å². The van der Waals surface area contributed by atoms with Crippen LogP contribution >= 0.6 is 0 Å². The monoisotopic (exact) mass is 978 g/mol. The number of aliphatic imine (C=N–C) groups is 3.